The van der Waals surface area contributed by atoms with Gasteiger partial charge in [-0.15, -0.1) is 11.8 Å². The van der Waals surface area contributed by atoms with E-state index in [1.165, 1.54) is 19.2 Å². The maximum Gasteiger partial charge on any atom is 0.338 e. The summed E-state index contributed by atoms with van der Waals surface area (Å²) in [4.78, 5) is 27.5. The summed E-state index contributed by atoms with van der Waals surface area (Å²) < 4.78 is 23.7. The molecule has 0 bridgehead atoms. The molecule has 0 spiro atoms. The van der Waals surface area contributed by atoms with Gasteiger partial charge in [-0.3, -0.25) is 4.79 Å². The number of esters is 1. The average molecular weight is 389 g/mol. The second-order valence-electron chi connectivity index (χ2n) is 6.16. The van der Waals surface area contributed by atoms with Gasteiger partial charge in [0, 0.05) is 16.7 Å². The summed E-state index contributed by atoms with van der Waals surface area (Å²) in [5.41, 5.74) is 0.852. The van der Waals surface area contributed by atoms with Gasteiger partial charge in [-0.1, -0.05) is 19.1 Å². The first-order chi connectivity index (χ1) is 13.0. The van der Waals surface area contributed by atoms with Crippen LogP contribution in [-0.4, -0.2) is 37.4 Å². The predicted octanol–water partition coefficient (Wildman–Crippen LogP) is 3.91. The summed E-state index contributed by atoms with van der Waals surface area (Å²) in [7, 11) is 1.34. The topological polar surface area (TPSA) is 55.8 Å². The summed E-state index contributed by atoms with van der Waals surface area (Å²) in [6.45, 7) is 2.27. The third-order valence-electron chi connectivity index (χ3n) is 4.26. The molecule has 1 aliphatic heterocycles. The number of halogens is 1. The number of rotatable bonds is 4. The SMILES string of the molecule is COc1ccc(C(=O)OCC(=O)N2CC[C@H](C)Sc3ccccc32)cc1F. The number of amides is 1. The molecule has 3 rings (SSSR count). The van der Waals surface area contributed by atoms with Crippen molar-refractivity contribution in [3.05, 3.63) is 53.8 Å². The lowest BCUT2D eigenvalue weighted by atomic mass is 10.2. The van der Waals surface area contributed by atoms with Gasteiger partial charge in [-0.05, 0) is 36.8 Å². The summed E-state index contributed by atoms with van der Waals surface area (Å²) >= 11 is 1.72. The monoisotopic (exact) mass is 389 g/mol. The zero-order valence-electron chi connectivity index (χ0n) is 15.1. The van der Waals surface area contributed by atoms with E-state index in [0.717, 1.165) is 23.1 Å². The van der Waals surface area contributed by atoms with Crippen LogP contribution in [0.5, 0.6) is 5.75 Å². The Morgan fingerprint density at radius 3 is 2.78 bits per heavy atom. The fourth-order valence-electron chi connectivity index (χ4n) is 2.83. The number of para-hydroxylation sites is 1. The van der Waals surface area contributed by atoms with Gasteiger partial charge in [0.15, 0.2) is 18.2 Å². The second-order valence-corrected chi connectivity index (χ2v) is 7.64. The Morgan fingerprint density at radius 1 is 1.26 bits per heavy atom. The Kier molecular flexibility index (Phi) is 6.01. The lowest BCUT2D eigenvalue weighted by Crippen LogP contribution is -2.35. The summed E-state index contributed by atoms with van der Waals surface area (Å²) in [6, 6.07) is 11.5. The van der Waals surface area contributed by atoms with E-state index in [4.69, 9.17) is 9.47 Å². The Morgan fingerprint density at radius 2 is 2.04 bits per heavy atom. The molecule has 142 valence electrons. The van der Waals surface area contributed by atoms with E-state index >= 15 is 0 Å². The van der Waals surface area contributed by atoms with E-state index in [9.17, 15) is 14.0 Å². The fraction of sp³-hybridized carbons (Fsp3) is 0.300. The molecule has 0 aliphatic carbocycles. The van der Waals surface area contributed by atoms with Crippen molar-refractivity contribution >= 4 is 29.3 Å². The Bertz CT molecular complexity index is 858. The van der Waals surface area contributed by atoms with Gasteiger partial charge in [0.1, 0.15) is 0 Å². The first kappa shape index (κ1) is 19.2. The van der Waals surface area contributed by atoms with Crippen molar-refractivity contribution in [1.82, 2.24) is 0 Å². The third-order valence-corrected chi connectivity index (χ3v) is 5.50. The van der Waals surface area contributed by atoms with Crippen molar-refractivity contribution in [2.45, 2.75) is 23.5 Å². The largest absolute Gasteiger partial charge is 0.494 e. The highest BCUT2D eigenvalue weighted by atomic mass is 32.2. The van der Waals surface area contributed by atoms with Crippen LogP contribution >= 0.6 is 11.8 Å². The van der Waals surface area contributed by atoms with Crippen molar-refractivity contribution in [2.24, 2.45) is 0 Å². The quantitative estimate of drug-likeness (QED) is 0.742. The molecule has 0 saturated heterocycles. The molecule has 1 aliphatic rings. The highest BCUT2D eigenvalue weighted by molar-refractivity contribution is 8.00. The Hall–Kier alpha value is -2.54. The standard InChI is InChI=1S/C20H20FNO4S/c1-13-9-10-22(16-5-3-4-6-18(16)27-13)19(23)12-26-20(24)14-7-8-17(25-2)15(21)11-14/h3-8,11,13H,9-10,12H2,1-2H3/t13-/m0/s1. The maximum atomic E-state index is 13.7. The summed E-state index contributed by atoms with van der Waals surface area (Å²) in [5, 5.41) is 0.383. The van der Waals surface area contributed by atoms with E-state index < -0.39 is 18.4 Å². The van der Waals surface area contributed by atoms with E-state index in [1.54, 1.807) is 16.7 Å². The summed E-state index contributed by atoms with van der Waals surface area (Å²) in [5.74, 6) is -1.68. The van der Waals surface area contributed by atoms with Gasteiger partial charge in [0.05, 0.1) is 18.4 Å². The molecule has 0 aromatic heterocycles. The van der Waals surface area contributed by atoms with Gasteiger partial charge < -0.3 is 14.4 Å². The number of hydrogen-bond acceptors (Lipinski definition) is 5. The minimum atomic E-state index is -0.754. The molecule has 27 heavy (non-hydrogen) atoms. The van der Waals surface area contributed by atoms with Crippen molar-refractivity contribution in [3.8, 4) is 5.75 Å². The van der Waals surface area contributed by atoms with Crippen molar-refractivity contribution < 1.29 is 23.5 Å². The van der Waals surface area contributed by atoms with Crippen molar-refractivity contribution in [1.29, 1.82) is 0 Å². The molecule has 0 N–H and O–H groups in total. The zero-order chi connectivity index (χ0) is 19.4. The van der Waals surface area contributed by atoms with Crippen LogP contribution in [0.2, 0.25) is 0 Å². The van der Waals surface area contributed by atoms with Crippen LogP contribution in [0.1, 0.15) is 23.7 Å². The smallest absolute Gasteiger partial charge is 0.338 e. The fourth-order valence-corrected chi connectivity index (χ4v) is 3.94. The third kappa shape index (κ3) is 4.42. The van der Waals surface area contributed by atoms with Gasteiger partial charge >= 0.3 is 5.97 Å². The molecule has 0 fully saturated rings. The molecule has 0 radical (unpaired) electrons. The molecule has 1 heterocycles. The molecule has 0 unspecified atom stereocenters. The average Bonchev–Trinajstić information content (AvgIpc) is 2.84. The lowest BCUT2D eigenvalue weighted by molar-refractivity contribution is -0.121. The zero-order valence-corrected chi connectivity index (χ0v) is 15.9. The number of hydrogen-bond donors (Lipinski definition) is 0. The van der Waals surface area contributed by atoms with E-state index in [2.05, 4.69) is 6.92 Å². The van der Waals surface area contributed by atoms with Crippen LogP contribution in [0, 0.1) is 5.82 Å². The number of fused-ring (bicyclic) bond motifs is 1. The summed E-state index contributed by atoms with van der Waals surface area (Å²) in [6.07, 6.45) is 0.836. The number of ether oxygens (including phenoxy) is 2. The number of nitrogens with zero attached hydrogens (tertiary/aromatic N) is 1. The first-order valence-corrected chi connectivity index (χ1v) is 9.44. The van der Waals surface area contributed by atoms with Crippen molar-refractivity contribution in [3.63, 3.8) is 0 Å². The predicted molar refractivity (Wildman–Crippen MR) is 102 cm³/mol. The van der Waals surface area contributed by atoms with Crippen molar-refractivity contribution in [2.75, 3.05) is 25.2 Å². The Balaban J connectivity index is 1.69. The molecule has 2 aromatic carbocycles. The van der Waals surface area contributed by atoms with Crippen LogP contribution in [0.4, 0.5) is 10.1 Å². The number of thioether (sulfide) groups is 1. The minimum Gasteiger partial charge on any atom is -0.494 e. The molecule has 1 amide bonds. The van der Waals surface area contributed by atoms with Crippen LogP contribution < -0.4 is 9.64 Å². The van der Waals surface area contributed by atoms with E-state index in [0.29, 0.717) is 11.8 Å². The van der Waals surface area contributed by atoms with E-state index in [-0.39, 0.29) is 17.2 Å². The molecule has 2 aromatic rings. The molecule has 5 nitrogen and oxygen atoms in total. The Labute approximate surface area is 161 Å². The van der Waals surface area contributed by atoms with E-state index in [1.807, 2.05) is 24.3 Å². The van der Waals surface area contributed by atoms with Crippen LogP contribution in [-0.2, 0) is 9.53 Å². The number of carbonyl (C=O) groups is 2. The van der Waals surface area contributed by atoms with Gasteiger partial charge in [-0.25, -0.2) is 9.18 Å². The highest BCUT2D eigenvalue weighted by Crippen LogP contribution is 2.37. The molecule has 1 atom stereocenters. The van der Waals surface area contributed by atoms with Gasteiger partial charge in [0.2, 0.25) is 0 Å². The van der Waals surface area contributed by atoms with Crippen LogP contribution in [0.3, 0.4) is 0 Å². The molecule has 0 saturated carbocycles. The molecular formula is C20H20FNO4S. The molecule has 7 heteroatoms. The maximum absolute atomic E-state index is 13.7. The van der Waals surface area contributed by atoms with Crippen LogP contribution in [0.15, 0.2) is 47.4 Å². The molecular weight excluding hydrogens is 369 g/mol. The second kappa shape index (κ2) is 8.43. The number of benzene rings is 2. The highest BCUT2D eigenvalue weighted by Gasteiger charge is 2.25. The number of anilines is 1. The normalized spacial score (nSPS) is 16.3. The number of methoxy groups -OCH3 is 1. The minimum absolute atomic E-state index is 0.0292. The number of carbonyl (C=O) groups excluding carboxylic acids is 2. The first-order valence-electron chi connectivity index (χ1n) is 8.56. The van der Waals surface area contributed by atoms with Crippen LogP contribution in [0.25, 0.3) is 0 Å². The van der Waals surface area contributed by atoms with Gasteiger partial charge in [-0.2, -0.15) is 0 Å². The lowest BCUT2D eigenvalue weighted by Gasteiger charge is -2.22. The van der Waals surface area contributed by atoms with Gasteiger partial charge in [0.25, 0.3) is 5.91 Å².